The van der Waals surface area contributed by atoms with Crippen LogP contribution in [-0.2, 0) is 14.9 Å². The topological polar surface area (TPSA) is 96.4 Å². The van der Waals surface area contributed by atoms with E-state index in [9.17, 15) is 8.42 Å². The zero-order valence-electron chi connectivity index (χ0n) is 13.2. The number of piperidine rings is 1. The molecule has 0 unspecified atom stereocenters. The van der Waals surface area contributed by atoms with Crippen molar-refractivity contribution in [2.75, 3.05) is 31.7 Å². The molecule has 0 amide bonds. The number of anilines is 1. The van der Waals surface area contributed by atoms with Gasteiger partial charge in [0, 0.05) is 44.4 Å². The smallest absolute Gasteiger partial charge is 0.277 e. The summed E-state index contributed by atoms with van der Waals surface area (Å²) in [4.78, 5) is 2.12. The zero-order valence-corrected chi connectivity index (χ0v) is 14.0. The molecule has 9 heteroatoms. The Morgan fingerprint density at radius 1 is 1.35 bits per heavy atom. The summed E-state index contributed by atoms with van der Waals surface area (Å²) in [5, 5.41) is 8.03. The Bertz CT molecular complexity index is 608. The maximum atomic E-state index is 12.2. The fourth-order valence-corrected chi connectivity index (χ4v) is 4.35. The predicted octanol–water partition coefficient (Wildman–Crippen LogP) is -0.0957. The lowest BCUT2D eigenvalue weighted by molar-refractivity contribution is 0.128. The first-order valence-corrected chi connectivity index (χ1v) is 9.37. The van der Waals surface area contributed by atoms with Gasteiger partial charge in [0.15, 0.2) is 5.82 Å². The summed E-state index contributed by atoms with van der Waals surface area (Å²) in [7, 11) is -1.82. The first kappa shape index (κ1) is 16.6. The van der Waals surface area contributed by atoms with Gasteiger partial charge in [0.25, 0.3) is 10.2 Å². The molecule has 128 valence electrons. The molecule has 1 saturated carbocycles. The van der Waals surface area contributed by atoms with Crippen LogP contribution in [-0.4, -0.2) is 57.5 Å². The average Bonchev–Trinajstić information content (AvgIpc) is 3.33. The van der Waals surface area contributed by atoms with E-state index < -0.39 is 10.2 Å². The molecule has 3 rings (SSSR count). The molecule has 2 atom stereocenters. The van der Waals surface area contributed by atoms with Gasteiger partial charge in [-0.25, -0.2) is 0 Å². The van der Waals surface area contributed by atoms with E-state index in [1.807, 2.05) is 12.1 Å². The summed E-state index contributed by atoms with van der Waals surface area (Å²) in [5.74, 6) is 0.873. The second-order valence-corrected chi connectivity index (χ2v) is 7.63. The molecule has 0 radical (unpaired) electrons. The van der Waals surface area contributed by atoms with E-state index in [2.05, 4.69) is 24.5 Å². The highest BCUT2D eigenvalue weighted by atomic mass is 32.2. The van der Waals surface area contributed by atoms with Crippen LogP contribution in [0.3, 0.4) is 0 Å². The summed E-state index contributed by atoms with van der Waals surface area (Å²) < 4.78 is 35.0. The minimum Gasteiger partial charge on any atom is -0.384 e. The van der Waals surface area contributed by atoms with E-state index >= 15 is 0 Å². The molecule has 1 aliphatic heterocycles. The van der Waals surface area contributed by atoms with Crippen molar-refractivity contribution in [2.24, 2.45) is 5.92 Å². The van der Waals surface area contributed by atoms with Crippen LogP contribution >= 0.6 is 0 Å². The molecule has 23 heavy (non-hydrogen) atoms. The first-order chi connectivity index (χ1) is 11.1. The third kappa shape index (κ3) is 4.60. The lowest BCUT2D eigenvalue weighted by Gasteiger charge is -2.38. The molecular weight excluding hydrogens is 318 g/mol. The van der Waals surface area contributed by atoms with Crippen LogP contribution in [0.5, 0.6) is 0 Å². The molecule has 8 nitrogen and oxygen atoms in total. The number of nitrogens with one attached hydrogen (secondary N) is 2. The van der Waals surface area contributed by atoms with E-state index in [1.165, 1.54) is 0 Å². The van der Waals surface area contributed by atoms with Crippen molar-refractivity contribution < 1.29 is 13.2 Å². The fraction of sp³-hybridized carbons (Fsp3) is 0.714. The zero-order chi connectivity index (χ0) is 16.3. The largest absolute Gasteiger partial charge is 0.384 e. The van der Waals surface area contributed by atoms with Gasteiger partial charge in [0.05, 0.1) is 6.61 Å². The van der Waals surface area contributed by atoms with Gasteiger partial charge in [0.2, 0.25) is 0 Å². The number of rotatable bonds is 7. The highest BCUT2D eigenvalue weighted by molar-refractivity contribution is 7.87. The highest BCUT2D eigenvalue weighted by Crippen LogP contribution is 2.23. The number of aromatic nitrogens is 2. The van der Waals surface area contributed by atoms with Gasteiger partial charge >= 0.3 is 0 Å². The van der Waals surface area contributed by atoms with Crippen LogP contribution in [0.25, 0.3) is 0 Å². The Morgan fingerprint density at radius 3 is 2.83 bits per heavy atom. The van der Waals surface area contributed by atoms with Crippen LogP contribution in [0.2, 0.25) is 0 Å². The average molecular weight is 341 g/mol. The van der Waals surface area contributed by atoms with E-state index in [4.69, 9.17) is 4.74 Å². The molecular formula is C14H23N5O3S. The van der Waals surface area contributed by atoms with Gasteiger partial charge in [-0.1, -0.05) is 0 Å². The number of methoxy groups -OCH3 is 1. The quantitative estimate of drug-likeness (QED) is 0.719. The molecule has 1 saturated heterocycles. The third-order valence-electron chi connectivity index (χ3n) is 4.20. The van der Waals surface area contributed by atoms with Gasteiger partial charge in [0.1, 0.15) is 0 Å². The number of nitrogens with zero attached hydrogens (tertiary/aromatic N) is 3. The van der Waals surface area contributed by atoms with Crippen molar-refractivity contribution in [3.05, 3.63) is 18.3 Å². The van der Waals surface area contributed by atoms with Crippen molar-refractivity contribution >= 4 is 16.0 Å². The van der Waals surface area contributed by atoms with Crippen LogP contribution in [0.4, 0.5) is 5.82 Å². The predicted molar refractivity (Wildman–Crippen MR) is 86.2 cm³/mol. The summed E-state index contributed by atoms with van der Waals surface area (Å²) in [6.07, 6.45) is 4.19. The van der Waals surface area contributed by atoms with Gasteiger partial charge < -0.3 is 9.64 Å². The van der Waals surface area contributed by atoms with Crippen molar-refractivity contribution in [3.63, 3.8) is 0 Å². The van der Waals surface area contributed by atoms with Gasteiger partial charge in [-0.3, -0.25) is 0 Å². The lowest BCUT2D eigenvalue weighted by atomic mass is 9.93. The Kier molecular flexibility index (Phi) is 5.10. The molecule has 0 bridgehead atoms. The molecule has 2 N–H and O–H groups in total. The second-order valence-electron chi connectivity index (χ2n) is 6.15. The van der Waals surface area contributed by atoms with Crippen molar-refractivity contribution in [1.82, 2.24) is 19.6 Å². The minimum absolute atomic E-state index is 0.0616. The van der Waals surface area contributed by atoms with Crippen molar-refractivity contribution in [1.29, 1.82) is 0 Å². The van der Waals surface area contributed by atoms with E-state index in [0.717, 1.165) is 25.2 Å². The van der Waals surface area contributed by atoms with E-state index in [-0.39, 0.29) is 18.0 Å². The Hall–Kier alpha value is -1.29. The molecule has 1 aromatic rings. The molecule has 2 fully saturated rings. The fourth-order valence-electron chi connectivity index (χ4n) is 2.89. The van der Waals surface area contributed by atoms with Crippen LogP contribution in [0.15, 0.2) is 18.3 Å². The van der Waals surface area contributed by atoms with Crippen LogP contribution < -0.4 is 14.3 Å². The molecule has 2 heterocycles. The monoisotopic (exact) mass is 341 g/mol. The number of hydrogen-bond acceptors (Lipinski definition) is 6. The van der Waals surface area contributed by atoms with Gasteiger partial charge in [-0.15, -0.1) is 5.10 Å². The molecule has 0 spiro atoms. The van der Waals surface area contributed by atoms with E-state index in [1.54, 1.807) is 13.3 Å². The Labute approximate surface area is 136 Å². The van der Waals surface area contributed by atoms with Crippen LogP contribution in [0.1, 0.15) is 19.3 Å². The minimum atomic E-state index is -3.45. The normalized spacial score (nSPS) is 25.5. The number of hydrogen-bond donors (Lipinski definition) is 2. The Morgan fingerprint density at radius 2 is 2.17 bits per heavy atom. The molecule has 0 aromatic carbocycles. The highest BCUT2D eigenvalue weighted by Gasteiger charge is 2.34. The Balaban J connectivity index is 1.64. The number of ether oxygens (including phenoxy) is 1. The summed E-state index contributed by atoms with van der Waals surface area (Å²) >= 11 is 0. The summed E-state index contributed by atoms with van der Waals surface area (Å²) in [5.41, 5.74) is 0. The van der Waals surface area contributed by atoms with Gasteiger partial charge in [-0.2, -0.15) is 23.0 Å². The summed E-state index contributed by atoms with van der Waals surface area (Å²) in [6.45, 7) is 1.91. The summed E-state index contributed by atoms with van der Waals surface area (Å²) in [6, 6.07) is 3.73. The lowest BCUT2D eigenvalue weighted by Crippen LogP contribution is -2.54. The SMILES string of the molecule is COC[C@@H]1CN(c2cccnn2)CC[C@@H]1NS(=O)(=O)NC1CC1. The van der Waals surface area contributed by atoms with Crippen molar-refractivity contribution in [2.45, 2.75) is 31.3 Å². The standard InChI is InChI=1S/C14H23N5O3S/c1-22-10-11-9-19(14-3-2-7-15-16-14)8-6-13(11)18-23(20,21)17-12-4-5-12/h2-3,7,11-13,17-18H,4-6,8-10H2,1H3/t11-,13-/m0/s1. The van der Waals surface area contributed by atoms with Crippen LogP contribution in [0, 0.1) is 5.92 Å². The maximum Gasteiger partial charge on any atom is 0.277 e. The first-order valence-electron chi connectivity index (χ1n) is 7.88. The molecule has 1 aliphatic carbocycles. The second kappa shape index (κ2) is 7.08. The van der Waals surface area contributed by atoms with E-state index in [0.29, 0.717) is 19.6 Å². The molecule has 1 aromatic heterocycles. The molecule has 2 aliphatic rings. The third-order valence-corrected chi connectivity index (χ3v) is 5.46. The van der Waals surface area contributed by atoms with Gasteiger partial charge in [-0.05, 0) is 31.4 Å². The van der Waals surface area contributed by atoms with Crippen molar-refractivity contribution in [3.8, 4) is 0 Å². The maximum absolute atomic E-state index is 12.2.